The van der Waals surface area contributed by atoms with Crippen LogP contribution in [0.2, 0.25) is 0 Å². The second kappa shape index (κ2) is 10.8. The number of furan rings is 1. The lowest BCUT2D eigenvalue weighted by molar-refractivity contribution is 0.0767. The Labute approximate surface area is 128 Å². The average Bonchev–Trinajstić information content (AvgIpc) is 2.79. The van der Waals surface area contributed by atoms with Crippen LogP contribution in [-0.4, -0.2) is 51.5 Å². The second-order valence-corrected chi connectivity index (χ2v) is 4.99. The number of rotatable bonds is 12. The van der Waals surface area contributed by atoms with Crippen molar-refractivity contribution in [2.24, 2.45) is 0 Å². The highest BCUT2D eigenvalue weighted by molar-refractivity contribution is 5.20. The lowest BCUT2D eigenvalue weighted by atomic mass is 10.2. The van der Waals surface area contributed by atoms with Gasteiger partial charge in [0.05, 0.1) is 19.8 Å². The van der Waals surface area contributed by atoms with Crippen LogP contribution < -0.4 is 5.32 Å². The van der Waals surface area contributed by atoms with Gasteiger partial charge in [0, 0.05) is 38.4 Å². The van der Waals surface area contributed by atoms with Gasteiger partial charge in [0.25, 0.3) is 0 Å². The minimum absolute atomic E-state index is 0.742. The smallest absolute Gasteiger partial charge is 0.118 e. The van der Waals surface area contributed by atoms with Crippen molar-refractivity contribution in [3.05, 3.63) is 23.2 Å². The maximum absolute atomic E-state index is 5.85. The maximum Gasteiger partial charge on any atom is 0.118 e. The Kier molecular flexibility index (Phi) is 9.34. The molecule has 5 nitrogen and oxygen atoms in total. The molecule has 0 aliphatic heterocycles. The molecule has 0 unspecified atom stereocenters. The third-order valence-electron chi connectivity index (χ3n) is 3.33. The second-order valence-electron chi connectivity index (χ2n) is 4.99. The van der Waals surface area contributed by atoms with Crippen LogP contribution in [0.3, 0.4) is 0 Å². The molecule has 0 aromatic carbocycles. The van der Waals surface area contributed by atoms with E-state index in [0.29, 0.717) is 0 Å². The average molecular weight is 298 g/mol. The molecular weight excluding hydrogens is 268 g/mol. The molecule has 1 aromatic heterocycles. The first-order chi connectivity index (χ1) is 10.2. The third-order valence-corrected chi connectivity index (χ3v) is 3.33. The van der Waals surface area contributed by atoms with Crippen molar-refractivity contribution < 1.29 is 13.9 Å². The fourth-order valence-corrected chi connectivity index (χ4v) is 2.20. The number of nitrogens with one attached hydrogen (secondary N) is 1. The van der Waals surface area contributed by atoms with Gasteiger partial charge in [-0.1, -0.05) is 0 Å². The number of nitrogens with zero attached hydrogens (tertiary/aromatic N) is 1. The lowest BCUT2D eigenvalue weighted by Gasteiger charge is -2.20. The predicted molar refractivity (Wildman–Crippen MR) is 84.5 cm³/mol. The van der Waals surface area contributed by atoms with E-state index in [9.17, 15) is 0 Å². The fourth-order valence-electron chi connectivity index (χ4n) is 2.20. The Morgan fingerprint density at radius 3 is 2.29 bits per heavy atom. The van der Waals surface area contributed by atoms with Crippen LogP contribution in [0.15, 0.2) is 10.5 Å². The van der Waals surface area contributed by atoms with E-state index < -0.39 is 0 Å². The summed E-state index contributed by atoms with van der Waals surface area (Å²) >= 11 is 0. The zero-order chi connectivity index (χ0) is 15.5. The summed E-state index contributed by atoms with van der Waals surface area (Å²) in [5.74, 6) is 2.00. The Balaban J connectivity index is 2.54. The summed E-state index contributed by atoms with van der Waals surface area (Å²) in [4.78, 5) is 2.31. The Morgan fingerprint density at radius 2 is 1.76 bits per heavy atom. The molecule has 0 atom stereocenters. The number of ether oxygens (including phenoxy) is 2. The van der Waals surface area contributed by atoms with Crippen LogP contribution in [0.4, 0.5) is 0 Å². The van der Waals surface area contributed by atoms with Crippen molar-refractivity contribution in [1.29, 1.82) is 0 Å². The van der Waals surface area contributed by atoms with E-state index in [0.717, 1.165) is 64.1 Å². The number of hydrogen-bond donors (Lipinski definition) is 1. The fraction of sp³-hybridized carbons (Fsp3) is 0.750. The van der Waals surface area contributed by atoms with Crippen molar-refractivity contribution in [2.75, 3.05) is 46.6 Å². The molecule has 0 spiro atoms. The van der Waals surface area contributed by atoms with Crippen LogP contribution in [0, 0.1) is 6.92 Å². The van der Waals surface area contributed by atoms with Gasteiger partial charge in [-0.2, -0.15) is 0 Å². The van der Waals surface area contributed by atoms with Crippen molar-refractivity contribution in [2.45, 2.75) is 33.9 Å². The third kappa shape index (κ3) is 7.09. The summed E-state index contributed by atoms with van der Waals surface area (Å²) in [6, 6.07) is 2.14. The quantitative estimate of drug-likeness (QED) is 0.599. The van der Waals surface area contributed by atoms with E-state index in [4.69, 9.17) is 13.9 Å². The van der Waals surface area contributed by atoms with Crippen molar-refractivity contribution in [3.63, 3.8) is 0 Å². The van der Waals surface area contributed by atoms with Crippen molar-refractivity contribution in [3.8, 4) is 0 Å². The van der Waals surface area contributed by atoms with Crippen LogP contribution in [-0.2, 0) is 22.6 Å². The molecule has 0 radical (unpaired) electrons. The summed E-state index contributed by atoms with van der Waals surface area (Å²) in [5, 5.41) is 3.16. The topological polar surface area (TPSA) is 46.9 Å². The summed E-state index contributed by atoms with van der Waals surface area (Å²) < 4.78 is 16.8. The van der Waals surface area contributed by atoms with Crippen molar-refractivity contribution in [1.82, 2.24) is 10.2 Å². The summed E-state index contributed by atoms with van der Waals surface area (Å²) in [5.41, 5.74) is 1.22. The largest absolute Gasteiger partial charge is 0.465 e. The molecule has 1 rings (SSSR count). The van der Waals surface area contributed by atoms with E-state index >= 15 is 0 Å². The molecule has 5 heteroatoms. The molecule has 1 aromatic rings. The summed E-state index contributed by atoms with van der Waals surface area (Å²) in [7, 11) is 1.95. The van der Waals surface area contributed by atoms with E-state index in [1.807, 2.05) is 27.8 Å². The van der Waals surface area contributed by atoms with Gasteiger partial charge in [-0.3, -0.25) is 4.90 Å². The predicted octanol–water partition coefficient (Wildman–Crippen LogP) is 2.18. The van der Waals surface area contributed by atoms with Crippen molar-refractivity contribution >= 4 is 0 Å². The highest BCUT2D eigenvalue weighted by Gasteiger charge is 2.11. The summed E-state index contributed by atoms with van der Waals surface area (Å²) in [6.45, 7) is 12.5. The molecule has 0 amide bonds. The lowest BCUT2D eigenvalue weighted by Crippen LogP contribution is -2.30. The zero-order valence-electron chi connectivity index (χ0n) is 13.9. The van der Waals surface area contributed by atoms with Gasteiger partial charge in [-0.05, 0) is 33.9 Å². The van der Waals surface area contributed by atoms with Crippen LogP contribution >= 0.6 is 0 Å². The molecule has 0 fully saturated rings. The Bertz CT molecular complexity index is 370. The van der Waals surface area contributed by atoms with Crippen LogP contribution in [0.1, 0.15) is 30.9 Å². The van der Waals surface area contributed by atoms with Gasteiger partial charge in [-0.25, -0.2) is 0 Å². The van der Waals surface area contributed by atoms with Gasteiger partial charge in [0.1, 0.15) is 11.5 Å². The monoisotopic (exact) mass is 298 g/mol. The SMILES string of the molecule is CCOCCN(CCOCC)Cc1cc(CNC)c(C)o1. The molecule has 1 heterocycles. The molecule has 1 N–H and O–H groups in total. The van der Waals surface area contributed by atoms with E-state index in [2.05, 4.69) is 16.3 Å². The van der Waals surface area contributed by atoms with E-state index in [1.54, 1.807) is 0 Å². The molecule has 0 aliphatic carbocycles. The first-order valence-corrected chi connectivity index (χ1v) is 7.81. The Morgan fingerprint density at radius 1 is 1.14 bits per heavy atom. The minimum atomic E-state index is 0.742. The number of aryl methyl sites for hydroxylation is 1. The highest BCUT2D eigenvalue weighted by atomic mass is 16.5. The van der Waals surface area contributed by atoms with Gasteiger partial charge in [-0.15, -0.1) is 0 Å². The first kappa shape index (κ1) is 18.2. The highest BCUT2D eigenvalue weighted by Crippen LogP contribution is 2.16. The normalized spacial score (nSPS) is 11.5. The first-order valence-electron chi connectivity index (χ1n) is 7.81. The van der Waals surface area contributed by atoms with Gasteiger partial charge in [0.2, 0.25) is 0 Å². The molecular formula is C16H30N2O3. The van der Waals surface area contributed by atoms with Gasteiger partial charge in [0.15, 0.2) is 0 Å². The minimum Gasteiger partial charge on any atom is -0.465 e. The maximum atomic E-state index is 5.85. The summed E-state index contributed by atoms with van der Waals surface area (Å²) in [6.07, 6.45) is 0. The standard InChI is InChI=1S/C16H30N2O3/c1-5-19-9-7-18(8-10-20-6-2)13-16-11-15(12-17-4)14(3)21-16/h11,17H,5-10,12-13H2,1-4H3. The van der Waals surface area contributed by atoms with E-state index in [-0.39, 0.29) is 0 Å². The van der Waals surface area contributed by atoms with Crippen LogP contribution in [0.25, 0.3) is 0 Å². The molecule has 21 heavy (non-hydrogen) atoms. The van der Waals surface area contributed by atoms with Gasteiger partial charge >= 0.3 is 0 Å². The molecule has 0 saturated carbocycles. The molecule has 0 bridgehead atoms. The molecule has 0 aliphatic rings. The number of hydrogen-bond acceptors (Lipinski definition) is 5. The van der Waals surface area contributed by atoms with Gasteiger partial charge < -0.3 is 19.2 Å². The zero-order valence-corrected chi connectivity index (χ0v) is 13.9. The Hall–Kier alpha value is -0.880. The molecule has 0 saturated heterocycles. The van der Waals surface area contributed by atoms with Crippen LogP contribution in [0.5, 0.6) is 0 Å². The molecule has 122 valence electrons. The van der Waals surface area contributed by atoms with E-state index in [1.165, 1.54) is 5.56 Å².